The number of hydrogen-bond acceptors (Lipinski definition) is 3. The third kappa shape index (κ3) is 3.42. The van der Waals surface area contributed by atoms with E-state index in [9.17, 15) is 4.79 Å². The predicted molar refractivity (Wildman–Crippen MR) is 87.6 cm³/mol. The molecular weight excluding hydrogens is 282 g/mol. The zero-order valence-corrected chi connectivity index (χ0v) is 13.5. The van der Waals surface area contributed by atoms with E-state index in [0.717, 1.165) is 23.4 Å². The predicted octanol–water partition coefficient (Wildman–Crippen LogP) is 2.30. The van der Waals surface area contributed by atoms with Crippen molar-refractivity contribution in [3.8, 4) is 11.8 Å². The highest BCUT2D eigenvalue weighted by Gasteiger charge is 2.30. The summed E-state index contributed by atoms with van der Waals surface area (Å²) in [7, 11) is 0. The molecular formula is C17H21NO2S. The summed E-state index contributed by atoms with van der Waals surface area (Å²) >= 11 is 1.92. The molecule has 2 atom stereocenters. The molecule has 21 heavy (non-hydrogen) atoms. The lowest BCUT2D eigenvalue weighted by Gasteiger charge is -2.37. The lowest BCUT2D eigenvalue weighted by atomic mass is 10.0. The van der Waals surface area contributed by atoms with Gasteiger partial charge in [-0.15, -0.1) is 0 Å². The monoisotopic (exact) mass is 303 g/mol. The maximum atomic E-state index is 12.8. The first-order chi connectivity index (χ1) is 10.1. The van der Waals surface area contributed by atoms with Crippen molar-refractivity contribution >= 4 is 17.7 Å². The molecule has 1 amide bonds. The number of thioether (sulfide) groups is 1. The molecule has 0 bridgehead atoms. The maximum Gasteiger partial charge on any atom is 0.254 e. The van der Waals surface area contributed by atoms with Gasteiger partial charge in [-0.1, -0.05) is 24.8 Å². The van der Waals surface area contributed by atoms with Gasteiger partial charge in [0.05, 0.1) is 0 Å². The van der Waals surface area contributed by atoms with E-state index in [1.54, 1.807) is 0 Å². The number of carbonyl (C=O) groups is 1. The van der Waals surface area contributed by atoms with Crippen LogP contribution in [0.5, 0.6) is 0 Å². The van der Waals surface area contributed by atoms with Crippen LogP contribution < -0.4 is 0 Å². The normalized spacial score (nSPS) is 21.6. The molecule has 0 saturated carbocycles. The van der Waals surface area contributed by atoms with E-state index >= 15 is 0 Å². The van der Waals surface area contributed by atoms with Crippen LogP contribution in [0.15, 0.2) is 18.2 Å². The first-order valence-corrected chi connectivity index (χ1v) is 8.23. The molecule has 1 fully saturated rings. The zero-order chi connectivity index (χ0) is 15.4. The Bertz CT molecular complexity index is 588. The molecule has 1 aromatic rings. The maximum absolute atomic E-state index is 12.8. The minimum atomic E-state index is -0.171. The summed E-state index contributed by atoms with van der Waals surface area (Å²) in [5.41, 5.74) is 2.41. The van der Waals surface area contributed by atoms with E-state index in [1.807, 2.05) is 41.8 Å². The average molecular weight is 303 g/mol. The zero-order valence-electron chi connectivity index (χ0n) is 12.7. The number of carbonyl (C=O) groups excluding carboxylic acids is 1. The van der Waals surface area contributed by atoms with Gasteiger partial charge in [0.2, 0.25) is 0 Å². The average Bonchev–Trinajstić information content (AvgIpc) is 2.48. The summed E-state index contributed by atoms with van der Waals surface area (Å²) < 4.78 is 0. The lowest BCUT2D eigenvalue weighted by molar-refractivity contribution is 0.0697. The third-order valence-corrected chi connectivity index (χ3v) is 5.35. The Hall–Kier alpha value is -1.44. The molecule has 1 saturated heterocycles. The molecule has 2 unspecified atom stereocenters. The fraction of sp³-hybridized carbons (Fsp3) is 0.471. The van der Waals surface area contributed by atoms with Gasteiger partial charge in [0.25, 0.3) is 5.91 Å². The van der Waals surface area contributed by atoms with Crippen LogP contribution in [0.4, 0.5) is 0 Å². The molecule has 2 rings (SSSR count). The molecule has 0 aliphatic carbocycles. The molecule has 4 heteroatoms. The van der Waals surface area contributed by atoms with E-state index in [4.69, 9.17) is 5.11 Å². The van der Waals surface area contributed by atoms with E-state index in [2.05, 4.69) is 25.7 Å². The smallest absolute Gasteiger partial charge is 0.254 e. The van der Waals surface area contributed by atoms with Crippen LogP contribution >= 0.6 is 11.8 Å². The molecule has 0 radical (unpaired) electrons. The number of hydrogen-bond donors (Lipinski definition) is 1. The lowest BCUT2D eigenvalue weighted by Crippen LogP contribution is -2.48. The van der Waals surface area contributed by atoms with Crippen molar-refractivity contribution in [2.45, 2.75) is 32.1 Å². The van der Waals surface area contributed by atoms with Crippen molar-refractivity contribution in [2.75, 3.05) is 18.9 Å². The van der Waals surface area contributed by atoms with Crippen molar-refractivity contribution in [3.05, 3.63) is 34.9 Å². The molecule has 0 spiro atoms. The van der Waals surface area contributed by atoms with Crippen LogP contribution in [0, 0.1) is 18.8 Å². The molecule has 112 valence electrons. The van der Waals surface area contributed by atoms with E-state index in [0.29, 0.717) is 10.8 Å². The van der Waals surface area contributed by atoms with Crippen LogP contribution in [0.2, 0.25) is 0 Å². The first kappa shape index (κ1) is 15.9. The Balaban J connectivity index is 2.31. The summed E-state index contributed by atoms with van der Waals surface area (Å²) in [5.74, 6) is 6.62. The second-order valence-corrected chi connectivity index (χ2v) is 6.74. The number of amides is 1. The van der Waals surface area contributed by atoms with Gasteiger partial charge in [-0.05, 0) is 31.5 Å². The summed E-state index contributed by atoms with van der Waals surface area (Å²) in [5, 5.41) is 9.27. The Labute approximate surface area is 130 Å². The minimum Gasteiger partial charge on any atom is -0.384 e. The van der Waals surface area contributed by atoms with Gasteiger partial charge in [0.1, 0.15) is 6.61 Å². The molecule has 0 aromatic heterocycles. The van der Waals surface area contributed by atoms with Gasteiger partial charge in [-0.2, -0.15) is 11.8 Å². The number of rotatable bonds is 1. The standard InChI is InChI=1S/C17H21NO2S/c1-12-15(7-5-10-19)6-4-8-16(12)17(20)18-9-11-21-14(3)13(18)2/h4,6,8,13-14,19H,9-11H2,1-3H3. The van der Waals surface area contributed by atoms with Gasteiger partial charge in [0.15, 0.2) is 0 Å². The van der Waals surface area contributed by atoms with Crippen LogP contribution in [0.25, 0.3) is 0 Å². The highest BCUT2D eigenvalue weighted by molar-refractivity contribution is 8.00. The number of aliphatic hydroxyl groups excluding tert-OH is 1. The van der Waals surface area contributed by atoms with Crippen LogP contribution in [0.1, 0.15) is 35.3 Å². The summed E-state index contributed by atoms with van der Waals surface area (Å²) in [6.07, 6.45) is 0. The second kappa shape index (κ2) is 7.02. The Morgan fingerprint density at radius 2 is 2.24 bits per heavy atom. The quantitative estimate of drug-likeness (QED) is 0.809. The number of aliphatic hydroxyl groups is 1. The molecule has 1 aliphatic heterocycles. The summed E-state index contributed by atoms with van der Waals surface area (Å²) in [4.78, 5) is 14.8. The minimum absolute atomic E-state index is 0.0831. The largest absolute Gasteiger partial charge is 0.384 e. The van der Waals surface area contributed by atoms with Crippen LogP contribution in [-0.2, 0) is 0 Å². The molecule has 1 aromatic carbocycles. The van der Waals surface area contributed by atoms with Crippen molar-refractivity contribution in [1.29, 1.82) is 0 Å². The van der Waals surface area contributed by atoms with Crippen molar-refractivity contribution in [2.24, 2.45) is 0 Å². The molecule has 1 N–H and O–H groups in total. The fourth-order valence-electron chi connectivity index (χ4n) is 2.51. The van der Waals surface area contributed by atoms with E-state index < -0.39 is 0 Å². The Kier molecular flexibility index (Phi) is 5.33. The van der Waals surface area contributed by atoms with Gasteiger partial charge < -0.3 is 10.0 Å². The Morgan fingerprint density at radius 1 is 1.48 bits per heavy atom. The summed E-state index contributed by atoms with van der Waals surface area (Å²) in [6.45, 7) is 6.82. The van der Waals surface area contributed by atoms with Gasteiger partial charge >= 0.3 is 0 Å². The van der Waals surface area contributed by atoms with Crippen LogP contribution in [-0.4, -0.2) is 46.1 Å². The van der Waals surface area contributed by atoms with Crippen LogP contribution in [0.3, 0.4) is 0 Å². The van der Waals surface area contributed by atoms with Gasteiger partial charge in [-0.3, -0.25) is 4.79 Å². The first-order valence-electron chi connectivity index (χ1n) is 7.18. The summed E-state index contributed by atoms with van der Waals surface area (Å²) in [6, 6.07) is 5.84. The SMILES string of the molecule is Cc1c(C#CCO)cccc1C(=O)N1CCSC(C)C1C. The number of nitrogens with zero attached hydrogens (tertiary/aromatic N) is 1. The van der Waals surface area contributed by atoms with E-state index in [-0.39, 0.29) is 18.6 Å². The second-order valence-electron chi connectivity index (χ2n) is 5.25. The van der Waals surface area contributed by atoms with Gasteiger partial charge in [0, 0.05) is 34.7 Å². The van der Waals surface area contributed by atoms with Crippen molar-refractivity contribution in [3.63, 3.8) is 0 Å². The third-order valence-electron chi connectivity index (χ3n) is 4.01. The highest BCUT2D eigenvalue weighted by Crippen LogP contribution is 2.26. The number of benzene rings is 1. The van der Waals surface area contributed by atoms with E-state index in [1.165, 1.54) is 0 Å². The molecule has 1 heterocycles. The van der Waals surface area contributed by atoms with Crippen molar-refractivity contribution in [1.82, 2.24) is 4.90 Å². The van der Waals surface area contributed by atoms with Crippen molar-refractivity contribution < 1.29 is 9.90 Å². The highest BCUT2D eigenvalue weighted by atomic mass is 32.2. The topological polar surface area (TPSA) is 40.5 Å². The molecule has 3 nitrogen and oxygen atoms in total. The fourth-order valence-corrected chi connectivity index (χ4v) is 3.61. The van der Waals surface area contributed by atoms with Gasteiger partial charge in [-0.25, -0.2) is 0 Å². The molecule has 1 aliphatic rings. The Morgan fingerprint density at radius 3 is 2.95 bits per heavy atom.